The Morgan fingerprint density at radius 2 is 2.24 bits per heavy atom. The third kappa shape index (κ3) is 2.23. The van der Waals surface area contributed by atoms with Crippen LogP contribution < -0.4 is 5.32 Å². The molecule has 0 radical (unpaired) electrons. The van der Waals surface area contributed by atoms with Crippen LogP contribution >= 0.6 is 11.3 Å². The number of hydrogen-bond acceptors (Lipinski definition) is 3. The van der Waals surface area contributed by atoms with Crippen molar-refractivity contribution in [2.45, 2.75) is 13.1 Å². The highest BCUT2D eigenvalue weighted by Gasteiger charge is 2.01. The number of rotatable bonds is 4. The number of nitrogens with one attached hydrogen (secondary N) is 2. The van der Waals surface area contributed by atoms with Gasteiger partial charge < -0.3 is 10.3 Å². The zero-order valence-corrected chi connectivity index (χ0v) is 10.1. The van der Waals surface area contributed by atoms with Gasteiger partial charge in [0.05, 0.1) is 5.51 Å². The lowest BCUT2D eigenvalue weighted by Crippen LogP contribution is -2.11. The Morgan fingerprint density at radius 1 is 1.24 bits per heavy atom. The fourth-order valence-electron chi connectivity index (χ4n) is 1.95. The van der Waals surface area contributed by atoms with Gasteiger partial charge in [-0.1, -0.05) is 12.1 Å². The van der Waals surface area contributed by atoms with Gasteiger partial charge in [-0.3, -0.25) is 4.98 Å². The van der Waals surface area contributed by atoms with Gasteiger partial charge in [0, 0.05) is 41.3 Å². The van der Waals surface area contributed by atoms with Gasteiger partial charge >= 0.3 is 0 Å². The van der Waals surface area contributed by atoms with E-state index in [1.54, 1.807) is 11.3 Å². The van der Waals surface area contributed by atoms with Gasteiger partial charge in [-0.05, 0) is 17.7 Å². The van der Waals surface area contributed by atoms with E-state index in [1.807, 2.05) is 17.9 Å². The molecule has 2 N–H and O–H groups in total. The maximum Gasteiger partial charge on any atom is 0.0794 e. The summed E-state index contributed by atoms with van der Waals surface area (Å²) in [5.74, 6) is 0. The van der Waals surface area contributed by atoms with Crippen molar-refractivity contribution in [2.24, 2.45) is 0 Å². The number of nitrogens with zero attached hydrogens (tertiary/aromatic N) is 1. The summed E-state index contributed by atoms with van der Waals surface area (Å²) in [6, 6.07) is 8.47. The lowest BCUT2D eigenvalue weighted by Gasteiger charge is -2.04. The average molecular weight is 243 g/mol. The van der Waals surface area contributed by atoms with Crippen LogP contribution in [0.15, 0.2) is 42.2 Å². The summed E-state index contributed by atoms with van der Waals surface area (Å²) in [7, 11) is 0. The number of fused-ring (bicyclic) bond motifs is 1. The van der Waals surface area contributed by atoms with Crippen LogP contribution in [0.3, 0.4) is 0 Å². The Balaban J connectivity index is 1.70. The van der Waals surface area contributed by atoms with Crippen LogP contribution in [-0.4, -0.2) is 9.97 Å². The minimum Gasteiger partial charge on any atom is -0.361 e. The second kappa shape index (κ2) is 4.69. The molecule has 86 valence electrons. The van der Waals surface area contributed by atoms with Crippen molar-refractivity contribution in [1.82, 2.24) is 15.3 Å². The molecule has 0 saturated carbocycles. The summed E-state index contributed by atoms with van der Waals surface area (Å²) >= 11 is 1.68. The summed E-state index contributed by atoms with van der Waals surface area (Å²) in [6.45, 7) is 1.76. The van der Waals surface area contributed by atoms with E-state index < -0.39 is 0 Å². The van der Waals surface area contributed by atoms with Crippen molar-refractivity contribution < 1.29 is 0 Å². The molecule has 0 aliphatic carbocycles. The van der Waals surface area contributed by atoms with Gasteiger partial charge in [0.2, 0.25) is 0 Å². The quantitative estimate of drug-likeness (QED) is 0.739. The van der Waals surface area contributed by atoms with E-state index in [0.29, 0.717) is 0 Å². The summed E-state index contributed by atoms with van der Waals surface area (Å²) in [5, 5.41) is 4.74. The predicted molar refractivity (Wildman–Crippen MR) is 71.0 cm³/mol. The van der Waals surface area contributed by atoms with Crippen molar-refractivity contribution in [2.75, 3.05) is 0 Å². The molecule has 3 rings (SSSR count). The molecule has 0 atom stereocenters. The van der Waals surface area contributed by atoms with E-state index >= 15 is 0 Å². The number of benzene rings is 1. The Morgan fingerprint density at radius 3 is 3.12 bits per heavy atom. The molecule has 3 aromatic rings. The first kappa shape index (κ1) is 10.5. The van der Waals surface area contributed by atoms with E-state index in [-0.39, 0.29) is 0 Å². The number of H-pyrrole nitrogens is 1. The van der Waals surface area contributed by atoms with Gasteiger partial charge in [-0.25, -0.2) is 0 Å². The van der Waals surface area contributed by atoms with Crippen LogP contribution in [0.5, 0.6) is 0 Å². The normalized spacial score (nSPS) is 11.1. The zero-order valence-electron chi connectivity index (χ0n) is 9.31. The van der Waals surface area contributed by atoms with Crippen molar-refractivity contribution in [1.29, 1.82) is 0 Å². The molecule has 0 saturated heterocycles. The summed E-state index contributed by atoms with van der Waals surface area (Å²) in [5.41, 5.74) is 4.39. The highest BCUT2D eigenvalue weighted by molar-refractivity contribution is 7.09. The molecule has 0 amide bonds. The minimum atomic E-state index is 0.880. The largest absolute Gasteiger partial charge is 0.361 e. The third-order valence-corrected chi connectivity index (χ3v) is 3.56. The second-order valence-electron chi connectivity index (χ2n) is 3.93. The summed E-state index contributed by atoms with van der Waals surface area (Å²) in [4.78, 5) is 8.56. The molecular formula is C13H13N3S. The molecule has 2 aromatic heterocycles. The van der Waals surface area contributed by atoms with Crippen LogP contribution in [0.1, 0.15) is 10.4 Å². The van der Waals surface area contributed by atoms with Gasteiger partial charge in [-0.15, -0.1) is 11.3 Å². The Hall–Kier alpha value is -1.65. The topological polar surface area (TPSA) is 40.7 Å². The van der Waals surface area contributed by atoms with Crippen molar-refractivity contribution in [3.05, 3.63) is 52.6 Å². The summed E-state index contributed by atoms with van der Waals surface area (Å²) in [6.07, 6.45) is 3.89. The molecule has 0 unspecified atom stereocenters. The lowest BCUT2D eigenvalue weighted by atomic mass is 10.1. The first-order chi connectivity index (χ1) is 8.43. The highest BCUT2D eigenvalue weighted by Crippen LogP contribution is 2.17. The van der Waals surface area contributed by atoms with Crippen molar-refractivity contribution >= 4 is 22.2 Å². The fraction of sp³-hybridized carbons (Fsp3) is 0.154. The molecule has 2 heterocycles. The minimum absolute atomic E-state index is 0.880. The molecule has 0 bridgehead atoms. The van der Waals surface area contributed by atoms with Crippen LogP contribution in [0.2, 0.25) is 0 Å². The lowest BCUT2D eigenvalue weighted by molar-refractivity contribution is 0.703. The van der Waals surface area contributed by atoms with Gasteiger partial charge in [0.1, 0.15) is 0 Å². The monoisotopic (exact) mass is 243 g/mol. The predicted octanol–water partition coefficient (Wildman–Crippen LogP) is 2.91. The molecule has 0 aliphatic rings. The third-order valence-electron chi connectivity index (χ3n) is 2.78. The number of thiazole rings is 1. The second-order valence-corrected chi connectivity index (χ2v) is 4.90. The van der Waals surface area contributed by atoms with Gasteiger partial charge in [0.25, 0.3) is 0 Å². The first-order valence-corrected chi connectivity index (χ1v) is 6.44. The summed E-state index contributed by atoms with van der Waals surface area (Å²) < 4.78 is 0. The Bertz CT molecular complexity index is 598. The highest BCUT2D eigenvalue weighted by atomic mass is 32.1. The Labute approximate surface area is 104 Å². The fourth-order valence-corrected chi connectivity index (χ4v) is 2.52. The molecule has 17 heavy (non-hydrogen) atoms. The molecular weight excluding hydrogens is 230 g/mol. The van der Waals surface area contributed by atoms with Crippen LogP contribution in [0.25, 0.3) is 10.9 Å². The van der Waals surface area contributed by atoms with Crippen LogP contribution in [0, 0.1) is 0 Å². The van der Waals surface area contributed by atoms with Crippen LogP contribution in [0.4, 0.5) is 0 Å². The smallest absolute Gasteiger partial charge is 0.0794 e. The Kier molecular flexibility index (Phi) is 2.90. The van der Waals surface area contributed by atoms with E-state index in [2.05, 4.69) is 39.6 Å². The molecule has 3 nitrogen and oxygen atoms in total. The molecule has 4 heteroatoms. The van der Waals surface area contributed by atoms with Gasteiger partial charge in [-0.2, -0.15) is 0 Å². The zero-order chi connectivity index (χ0) is 11.5. The SMILES string of the molecule is c1cc(CNCc2cncs2)c2cc[nH]c2c1. The van der Waals surface area contributed by atoms with Crippen molar-refractivity contribution in [3.63, 3.8) is 0 Å². The molecule has 0 fully saturated rings. The van der Waals surface area contributed by atoms with Crippen LogP contribution in [-0.2, 0) is 13.1 Å². The number of hydrogen-bond donors (Lipinski definition) is 2. The van der Waals surface area contributed by atoms with E-state index in [9.17, 15) is 0 Å². The number of aromatic amines is 1. The maximum absolute atomic E-state index is 4.06. The van der Waals surface area contributed by atoms with E-state index in [1.165, 1.54) is 21.3 Å². The van der Waals surface area contributed by atoms with E-state index in [4.69, 9.17) is 0 Å². The van der Waals surface area contributed by atoms with Crippen molar-refractivity contribution in [3.8, 4) is 0 Å². The molecule has 0 aliphatic heterocycles. The molecule has 1 aromatic carbocycles. The number of aromatic nitrogens is 2. The van der Waals surface area contributed by atoms with Gasteiger partial charge in [0.15, 0.2) is 0 Å². The molecule has 0 spiro atoms. The standard InChI is InChI=1S/C13H13N3S/c1-2-10(12-4-5-16-13(12)3-1)6-14-7-11-8-15-9-17-11/h1-5,8-9,14,16H,6-7H2. The maximum atomic E-state index is 4.06. The average Bonchev–Trinajstić information content (AvgIpc) is 2.99. The first-order valence-electron chi connectivity index (χ1n) is 5.56. The van der Waals surface area contributed by atoms with E-state index in [0.717, 1.165) is 13.1 Å².